The number of nitrogens with one attached hydrogen (secondary N) is 4. The van der Waals surface area contributed by atoms with Crippen molar-refractivity contribution in [2.75, 3.05) is 12.0 Å². The molecule has 230 valence electrons. The Hall–Kier alpha value is -4.36. The van der Waals surface area contributed by atoms with Crippen molar-refractivity contribution in [3.63, 3.8) is 0 Å². The lowest BCUT2D eigenvalue weighted by Gasteiger charge is -2.25. The number of H-pyrrole nitrogens is 1. The molecule has 0 fully saturated rings. The average molecular weight is 611 g/mol. The van der Waals surface area contributed by atoms with Crippen LogP contribution in [0.5, 0.6) is 0 Å². The van der Waals surface area contributed by atoms with E-state index in [-0.39, 0.29) is 32.1 Å². The van der Waals surface area contributed by atoms with E-state index in [1.165, 1.54) is 11.8 Å². The quantitative estimate of drug-likeness (QED) is 0.116. The number of hydrogen-bond acceptors (Lipinski definition) is 7. The zero-order valence-corrected chi connectivity index (χ0v) is 24.7. The van der Waals surface area contributed by atoms with Crippen LogP contribution in [0.1, 0.15) is 30.4 Å². The predicted octanol–water partition coefficient (Wildman–Crippen LogP) is 0.838. The number of rotatable bonds is 17. The Labute approximate surface area is 253 Å². The van der Waals surface area contributed by atoms with Gasteiger partial charge in [-0.15, -0.1) is 0 Å². The van der Waals surface area contributed by atoms with E-state index in [1.54, 1.807) is 30.5 Å². The van der Waals surface area contributed by atoms with Gasteiger partial charge in [0.25, 0.3) is 0 Å². The van der Waals surface area contributed by atoms with Gasteiger partial charge in [0.2, 0.25) is 23.6 Å². The van der Waals surface area contributed by atoms with E-state index in [9.17, 15) is 29.1 Å². The number of aliphatic carboxylic acids is 1. The first-order valence-electron chi connectivity index (χ1n) is 13.8. The standard InChI is InChI=1S/C30H38N6O6S/c1-43-14-13-24(30(41)42)35-28(39)23(11-12-26(32)37)34-29(40)25(15-18-7-3-2-4-8-18)36-27(38)21(31)16-19-17-33-22-10-6-5-9-20(19)22/h2-10,17,21,23-25,33H,11-16,31H2,1H3,(H2,32,37)(H,34,40)(H,35,39)(H,36,38)(H,41,42). The molecular formula is C30H38N6O6S. The molecule has 0 aliphatic heterocycles. The summed E-state index contributed by atoms with van der Waals surface area (Å²) in [7, 11) is 0. The van der Waals surface area contributed by atoms with Crippen molar-refractivity contribution in [2.24, 2.45) is 11.5 Å². The molecule has 12 nitrogen and oxygen atoms in total. The lowest BCUT2D eigenvalue weighted by atomic mass is 10.0. The van der Waals surface area contributed by atoms with E-state index in [4.69, 9.17) is 11.5 Å². The zero-order chi connectivity index (χ0) is 31.4. The summed E-state index contributed by atoms with van der Waals surface area (Å²) in [6.07, 6.45) is 3.68. The third-order valence-corrected chi connectivity index (χ3v) is 7.55. The molecule has 1 heterocycles. The van der Waals surface area contributed by atoms with Gasteiger partial charge in [-0.05, 0) is 48.5 Å². The number of aromatic nitrogens is 1. The van der Waals surface area contributed by atoms with Gasteiger partial charge in [0.05, 0.1) is 6.04 Å². The first-order chi connectivity index (χ1) is 20.6. The van der Waals surface area contributed by atoms with Gasteiger partial charge in [0, 0.05) is 29.9 Å². The van der Waals surface area contributed by atoms with Crippen molar-refractivity contribution in [2.45, 2.75) is 56.3 Å². The number of para-hydroxylation sites is 1. The Bertz CT molecular complexity index is 1410. The summed E-state index contributed by atoms with van der Waals surface area (Å²) in [6, 6.07) is 12.0. The van der Waals surface area contributed by atoms with Gasteiger partial charge in [-0.1, -0.05) is 48.5 Å². The molecular weight excluding hydrogens is 572 g/mol. The van der Waals surface area contributed by atoms with E-state index in [0.29, 0.717) is 5.75 Å². The summed E-state index contributed by atoms with van der Waals surface area (Å²) in [5.41, 5.74) is 14.0. The van der Waals surface area contributed by atoms with Crippen LogP contribution in [0.15, 0.2) is 60.8 Å². The van der Waals surface area contributed by atoms with E-state index < -0.39 is 53.8 Å². The number of fused-ring (bicyclic) bond motifs is 1. The molecule has 0 saturated heterocycles. The lowest BCUT2D eigenvalue weighted by Crippen LogP contribution is -2.58. The first kappa shape index (κ1) is 33.1. The van der Waals surface area contributed by atoms with Crippen LogP contribution in [0, 0.1) is 0 Å². The second kappa shape index (κ2) is 16.3. The summed E-state index contributed by atoms with van der Waals surface area (Å²) in [6.45, 7) is 0. The molecule has 9 N–H and O–H groups in total. The van der Waals surface area contributed by atoms with Crippen LogP contribution in [0.25, 0.3) is 10.9 Å². The van der Waals surface area contributed by atoms with Crippen LogP contribution >= 0.6 is 11.8 Å². The second-order valence-electron chi connectivity index (χ2n) is 10.2. The van der Waals surface area contributed by atoms with Gasteiger partial charge in [0.1, 0.15) is 18.1 Å². The fraction of sp³-hybridized carbons (Fsp3) is 0.367. The molecule has 13 heteroatoms. The highest BCUT2D eigenvalue weighted by molar-refractivity contribution is 7.98. The van der Waals surface area contributed by atoms with Crippen molar-refractivity contribution in [1.29, 1.82) is 0 Å². The fourth-order valence-corrected chi connectivity index (χ4v) is 5.03. The van der Waals surface area contributed by atoms with Gasteiger partial charge < -0.3 is 37.5 Å². The molecule has 0 radical (unpaired) electrons. The summed E-state index contributed by atoms with van der Waals surface area (Å²) < 4.78 is 0. The SMILES string of the molecule is CSCCC(NC(=O)C(CCC(N)=O)NC(=O)C(Cc1ccccc1)NC(=O)C(N)Cc1c[nH]c2ccccc12)C(=O)O. The largest absolute Gasteiger partial charge is 0.480 e. The Kier molecular flexibility index (Phi) is 12.6. The van der Waals surface area contributed by atoms with Crippen molar-refractivity contribution in [3.8, 4) is 0 Å². The van der Waals surface area contributed by atoms with Crippen LogP contribution < -0.4 is 27.4 Å². The van der Waals surface area contributed by atoms with Crippen molar-refractivity contribution in [1.82, 2.24) is 20.9 Å². The van der Waals surface area contributed by atoms with Gasteiger partial charge in [0.15, 0.2) is 0 Å². The fourth-order valence-electron chi connectivity index (χ4n) is 4.56. The Morgan fingerprint density at radius 1 is 0.837 bits per heavy atom. The monoisotopic (exact) mass is 610 g/mol. The van der Waals surface area contributed by atoms with Crippen LogP contribution in [-0.2, 0) is 36.8 Å². The van der Waals surface area contributed by atoms with Crippen molar-refractivity contribution < 1.29 is 29.1 Å². The molecule has 1 aromatic heterocycles. The van der Waals surface area contributed by atoms with E-state index in [2.05, 4.69) is 20.9 Å². The van der Waals surface area contributed by atoms with Gasteiger partial charge in [-0.25, -0.2) is 4.79 Å². The summed E-state index contributed by atoms with van der Waals surface area (Å²) in [5.74, 6) is -3.47. The Balaban J connectivity index is 1.77. The molecule has 4 unspecified atom stereocenters. The number of aromatic amines is 1. The van der Waals surface area contributed by atoms with Gasteiger partial charge >= 0.3 is 5.97 Å². The number of thioether (sulfide) groups is 1. The number of benzene rings is 2. The molecule has 0 aliphatic rings. The van der Waals surface area contributed by atoms with Crippen LogP contribution in [0.4, 0.5) is 0 Å². The molecule has 3 aromatic rings. The van der Waals surface area contributed by atoms with Gasteiger partial charge in [-0.3, -0.25) is 19.2 Å². The normalized spacial score (nSPS) is 13.8. The minimum absolute atomic E-state index is 0.0911. The smallest absolute Gasteiger partial charge is 0.326 e. The van der Waals surface area contributed by atoms with E-state index in [0.717, 1.165) is 22.0 Å². The minimum Gasteiger partial charge on any atom is -0.480 e. The molecule has 3 rings (SSSR count). The molecule has 0 spiro atoms. The number of carboxylic acid groups (broad SMARTS) is 1. The summed E-state index contributed by atoms with van der Waals surface area (Å²) >= 11 is 1.42. The Morgan fingerprint density at radius 3 is 2.14 bits per heavy atom. The molecule has 4 amide bonds. The number of carbonyl (C=O) groups is 5. The predicted molar refractivity (Wildman–Crippen MR) is 165 cm³/mol. The lowest BCUT2D eigenvalue weighted by molar-refractivity contribution is -0.142. The van der Waals surface area contributed by atoms with Crippen molar-refractivity contribution >= 4 is 52.3 Å². The number of amides is 4. The molecule has 43 heavy (non-hydrogen) atoms. The molecule has 0 aliphatic carbocycles. The molecule has 0 saturated carbocycles. The third kappa shape index (κ3) is 10.1. The average Bonchev–Trinajstić information content (AvgIpc) is 3.39. The Morgan fingerprint density at radius 2 is 1.47 bits per heavy atom. The highest BCUT2D eigenvalue weighted by atomic mass is 32.2. The third-order valence-electron chi connectivity index (χ3n) is 6.90. The maximum absolute atomic E-state index is 13.6. The topological polar surface area (TPSA) is 209 Å². The molecule has 2 aromatic carbocycles. The minimum atomic E-state index is -1.27. The number of carbonyl (C=O) groups excluding carboxylic acids is 4. The maximum atomic E-state index is 13.6. The number of primary amides is 1. The summed E-state index contributed by atoms with van der Waals surface area (Å²) in [5, 5.41) is 18.2. The van der Waals surface area contributed by atoms with Gasteiger partial charge in [-0.2, -0.15) is 11.8 Å². The van der Waals surface area contributed by atoms with E-state index in [1.807, 2.05) is 36.6 Å². The van der Waals surface area contributed by atoms with Crippen molar-refractivity contribution in [3.05, 3.63) is 71.9 Å². The highest BCUT2D eigenvalue weighted by Gasteiger charge is 2.31. The molecule has 0 bridgehead atoms. The summed E-state index contributed by atoms with van der Waals surface area (Å²) in [4.78, 5) is 66.2. The van der Waals surface area contributed by atoms with Crippen LogP contribution in [-0.4, -0.2) is 75.9 Å². The first-order valence-corrected chi connectivity index (χ1v) is 15.2. The highest BCUT2D eigenvalue weighted by Crippen LogP contribution is 2.19. The number of hydrogen-bond donors (Lipinski definition) is 7. The van der Waals surface area contributed by atoms with Crippen LogP contribution in [0.3, 0.4) is 0 Å². The van der Waals surface area contributed by atoms with Crippen LogP contribution in [0.2, 0.25) is 0 Å². The van der Waals surface area contributed by atoms with E-state index >= 15 is 0 Å². The number of nitrogens with two attached hydrogens (primary N) is 2. The zero-order valence-electron chi connectivity index (χ0n) is 23.9. The molecule has 4 atom stereocenters. The second-order valence-corrected chi connectivity index (χ2v) is 11.2. The number of carboxylic acids is 1. The maximum Gasteiger partial charge on any atom is 0.326 e.